The molecule has 0 aliphatic heterocycles. The van der Waals surface area contributed by atoms with Crippen molar-refractivity contribution in [1.29, 1.82) is 5.26 Å². The minimum absolute atomic E-state index is 0.186. The van der Waals surface area contributed by atoms with Crippen LogP contribution in [-0.4, -0.2) is 9.55 Å². The first kappa shape index (κ1) is 10.2. The lowest BCUT2D eigenvalue weighted by Crippen LogP contribution is -2.26. The van der Waals surface area contributed by atoms with Gasteiger partial charge in [-0.25, -0.2) is 4.98 Å². The number of aryl methyl sites for hydroxylation is 1. The summed E-state index contributed by atoms with van der Waals surface area (Å²) < 4.78 is 1.52. The van der Waals surface area contributed by atoms with Gasteiger partial charge in [0.05, 0.1) is 11.5 Å². The molecule has 1 saturated carbocycles. The Kier molecular flexibility index (Phi) is 2.28. The van der Waals surface area contributed by atoms with Crippen molar-refractivity contribution in [2.45, 2.75) is 26.3 Å². The first-order valence-electron chi connectivity index (χ1n) is 4.72. The highest BCUT2D eigenvalue weighted by atomic mass is 35.5. The van der Waals surface area contributed by atoms with Crippen LogP contribution < -0.4 is 5.56 Å². The standard InChI is InChI=1S/C10H10ClN3O/c1-7-13-8(11)4-9(15)14(7)6-10(5-12)2-3-10/h4H,2-3,6H2,1H3. The lowest BCUT2D eigenvalue weighted by Gasteiger charge is -2.11. The second kappa shape index (κ2) is 3.35. The lowest BCUT2D eigenvalue weighted by atomic mass is 10.1. The Labute approximate surface area is 92.1 Å². The van der Waals surface area contributed by atoms with Crippen LogP contribution in [-0.2, 0) is 6.54 Å². The van der Waals surface area contributed by atoms with Crippen molar-refractivity contribution in [3.63, 3.8) is 0 Å². The molecule has 1 aliphatic carbocycles. The van der Waals surface area contributed by atoms with Crippen LogP contribution in [0, 0.1) is 23.7 Å². The normalized spacial score (nSPS) is 17.1. The first-order chi connectivity index (χ1) is 7.06. The molecule has 0 N–H and O–H groups in total. The number of halogens is 1. The van der Waals surface area contributed by atoms with E-state index in [1.54, 1.807) is 6.92 Å². The van der Waals surface area contributed by atoms with Crippen molar-refractivity contribution in [3.05, 3.63) is 27.4 Å². The maximum Gasteiger partial charge on any atom is 0.255 e. The summed E-state index contributed by atoms with van der Waals surface area (Å²) in [6.45, 7) is 2.15. The highest BCUT2D eigenvalue weighted by Crippen LogP contribution is 2.46. The summed E-state index contributed by atoms with van der Waals surface area (Å²) in [6.07, 6.45) is 1.72. The zero-order valence-electron chi connectivity index (χ0n) is 8.33. The summed E-state index contributed by atoms with van der Waals surface area (Å²) in [5.74, 6) is 0.564. The predicted octanol–water partition coefficient (Wildman–Crippen LogP) is 1.51. The van der Waals surface area contributed by atoms with Crippen molar-refractivity contribution >= 4 is 11.6 Å². The van der Waals surface area contributed by atoms with Crippen molar-refractivity contribution in [3.8, 4) is 6.07 Å². The predicted molar refractivity (Wildman–Crippen MR) is 55.5 cm³/mol. The molecule has 78 valence electrons. The molecule has 4 nitrogen and oxygen atoms in total. The maximum absolute atomic E-state index is 11.6. The minimum atomic E-state index is -0.343. The quantitative estimate of drug-likeness (QED) is 0.714. The Morgan fingerprint density at radius 1 is 1.73 bits per heavy atom. The summed E-state index contributed by atoms with van der Waals surface area (Å²) >= 11 is 5.65. The van der Waals surface area contributed by atoms with Gasteiger partial charge in [0.1, 0.15) is 11.0 Å². The van der Waals surface area contributed by atoms with Gasteiger partial charge in [0.15, 0.2) is 0 Å². The molecular weight excluding hydrogens is 214 g/mol. The van der Waals surface area contributed by atoms with E-state index in [-0.39, 0.29) is 16.1 Å². The van der Waals surface area contributed by atoms with Crippen LogP contribution in [0.3, 0.4) is 0 Å². The fourth-order valence-electron chi connectivity index (χ4n) is 1.54. The highest BCUT2D eigenvalue weighted by molar-refractivity contribution is 6.29. The molecule has 1 heterocycles. The van der Waals surface area contributed by atoms with Crippen molar-refractivity contribution in [1.82, 2.24) is 9.55 Å². The summed E-state index contributed by atoms with van der Waals surface area (Å²) in [5.41, 5.74) is -0.529. The van der Waals surface area contributed by atoms with Crippen LogP contribution in [0.15, 0.2) is 10.9 Å². The van der Waals surface area contributed by atoms with Gasteiger partial charge in [-0.3, -0.25) is 9.36 Å². The first-order valence-corrected chi connectivity index (χ1v) is 5.09. The zero-order chi connectivity index (χ0) is 11.1. The van der Waals surface area contributed by atoms with Gasteiger partial charge in [0.25, 0.3) is 5.56 Å². The van der Waals surface area contributed by atoms with Gasteiger partial charge in [0, 0.05) is 12.6 Å². The number of hydrogen-bond donors (Lipinski definition) is 0. The summed E-state index contributed by atoms with van der Waals surface area (Å²) in [6, 6.07) is 3.53. The SMILES string of the molecule is Cc1nc(Cl)cc(=O)n1CC1(C#N)CC1. The summed E-state index contributed by atoms with van der Waals surface area (Å²) in [7, 11) is 0. The topological polar surface area (TPSA) is 58.7 Å². The molecule has 1 aromatic heterocycles. The number of nitriles is 1. The van der Waals surface area contributed by atoms with Gasteiger partial charge < -0.3 is 0 Å². The monoisotopic (exact) mass is 223 g/mol. The van der Waals surface area contributed by atoms with Gasteiger partial charge in [0.2, 0.25) is 0 Å². The molecular formula is C10H10ClN3O. The third-order valence-electron chi connectivity index (χ3n) is 2.72. The molecule has 0 saturated heterocycles. The Morgan fingerprint density at radius 2 is 2.40 bits per heavy atom. The maximum atomic E-state index is 11.6. The third kappa shape index (κ3) is 1.88. The Morgan fingerprint density at radius 3 is 2.87 bits per heavy atom. The molecule has 0 amide bonds. The Bertz CT molecular complexity index is 496. The molecule has 0 aromatic carbocycles. The fourth-order valence-corrected chi connectivity index (χ4v) is 1.75. The molecule has 0 radical (unpaired) electrons. The lowest BCUT2D eigenvalue weighted by molar-refractivity contribution is 0.497. The molecule has 0 spiro atoms. The molecule has 0 atom stereocenters. The minimum Gasteiger partial charge on any atom is -0.295 e. The zero-order valence-corrected chi connectivity index (χ0v) is 9.08. The van der Waals surface area contributed by atoms with Gasteiger partial charge in [-0.05, 0) is 19.8 Å². The molecule has 15 heavy (non-hydrogen) atoms. The number of hydrogen-bond acceptors (Lipinski definition) is 3. The van der Waals surface area contributed by atoms with Gasteiger partial charge in [-0.15, -0.1) is 0 Å². The third-order valence-corrected chi connectivity index (χ3v) is 2.91. The van der Waals surface area contributed by atoms with E-state index in [0.29, 0.717) is 12.4 Å². The van der Waals surface area contributed by atoms with Crippen molar-refractivity contribution < 1.29 is 0 Å². The largest absolute Gasteiger partial charge is 0.295 e. The van der Waals surface area contributed by atoms with Crippen molar-refractivity contribution in [2.75, 3.05) is 0 Å². The fraction of sp³-hybridized carbons (Fsp3) is 0.500. The Balaban J connectivity index is 2.38. The van der Waals surface area contributed by atoms with E-state index in [1.807, 2.05) is 0 Å². The average molecular weight is 224 g/mol. The van der Waals surface area contributed by atoms with Crippen LogP contribution >= 0.6 is 11.6 Å². The second-order valence-electron chi connectivity index (χ2n) is 3.94. The molecule has 0 bridgehead atoms. The molecule has 5 heteroatoms. The van der Waals surface area contributed by atoms with Crippen LogP contribution in [0.4, 0.5) is 0 Å². The van der Waals surface area contributed by atoms with E-state index in [2.05, 4.69) is 11.1 Å². The summed E-state index contributed by atoms with van der Waals surface area (Å²) in [5, 5.41) is 9.15. The van der Waals surface area contributed by atoms with Gasteiger partial charge in [-0.2, -0.15) is 5.26 Å². The average Bonchev–Trinajstić information content (AvgIpc) is 2.92. The highest BCUT2D eigenvalue weighted by Gasteiger charge is 2.43. The molecule has 0 unspecified atom stereocenters. The van der Waals surface area contributed by atoms with Crippen LogP contribution in [0.2, 0.25) is 5.15 Å². The van der Waals surface area contributed by atoms with E-state index in [4.69, 9.17) is 16.9 Å². The van der Waals surface area contributed by atoms with E-state index in [9.17, 15) is 4.79 Å². The Hall–Kier alpha value is -1.34. The molecule has 1 fully saturated rings. The van der Waals surface area contributed by atoms with Crippen molar-refractivity contribution in [2.24, 2.45) is 5.41 Å². The number of aromatic nitrogens is 2. The van der Waals surface area contributed by atoms with E-state index in [0.717, 1.165) is 12.8 Å². The van der Waals surface area contributed by atoms with Gasteiger partial charge in [-0.1, -0.05) is 11.6 Å². The van der Waals surface area contributed by atoms with E-state index in [1.165, 1.54) is 10.6 Å². The smallest absolute Gasteiger partial charge is 0.255 e. The van der Waals surface area contributed by atoms with Crippen LogP contribution in [0.25, 0.3) is 0 Å². The summed E-state index contributed by atoms with van der Waals surface area (Å²) in [4.78, 5) is 15.6. The second-order valence-corrected chi connectivity index (χ2v) is 4.33. The number of nitrogens with zero attached hydrogens (tertiary/aromatic N) is 3. The van der Waals surface area contributed by atoms with Crippen LogP contribution in [0.1, 0.15) is 18.7 Å². The van der Waals surface area contributed by atoms with Gasteiger partial charge >= 0.3 is 0 Å². The van der Waals surface area contributed by atoms with E-state index < -0.39 is 0 Å². The number of rotatable bonds is 2. The molecule has 2 rings (SSSR count). The molecule has 1 aromatic rings. The van der Waals surface area contributed by atoms with Crippen LogP contribution in [0.5, 0.6) is 0 Å². The van der Waals surface area contributed by atoms with E-state index >= 15 is 0 Å². The molecule has 1 aliphatic rings.